The lowest BCUT2D eigenvalue weighted by Crippen LogP contribution is -2.12. The summed E-state index contributed by atoms with van der Waals surface area (Å²) in [6.07, 6.45) is 1.19. The molecule has 78 valence electrons. The van der Waals surface area contributed by atoms with Gasteiger partial charge >= 0.3 is 0 Å². The third-order valence-corrected chi connectivity index (χ3v) is 4.82. The summed E-state index contributed by atoms with van der Waals surface area (Å²) in [5.74, 6) is -0.492. The van der Waals surface area contributed by atoms with E-state index in [1.54, 1.807) is 0 Å². The molecule has 3 nitrogen and oxygen atoms in total. The Hall–Kier alpha value is -1.01. The fraction of sp³-hybridized carbons (Fsp3) is 0. The van der Waals surface area contributed by atoms with Gasteiger partial charge in [-0.25, -0.2) is 17.8 Å². The highest BCUT2D eigenvalue weighted by molar-refractivity contribution is 9.14. The highest BCUT2D eigenvalue weighted by atomic mass is 79.9. The average molecular weight is 290 g/mol. The summed E-state index contributed by atoms with van der Waals surface area (Å²) in [4.78, 5) is 3.73. The Labute approximate surface area is 94.4 Å². The smallest absolute Gasteiger partial charge is 0.232 e. The van der Waals surface area contributed by atoms with Crippen LogP contribution in [0.2, 0.25) is 0 Å². The van der Waals surface area contributed by atoms with Crippen LogP contribution in [-0.4, -0.2) is 13.5 Å². The maximum Gasteiger partial charge on any atom is 0.232 e. The Bertz CT molecular complexity index is 578. The van der Waals surface area contributed by atoms with Crippen LogP contribution in [0.3, 0.4) is 0 Å². The molecule has 2 rings (SSSR count). The molecule has 0 atom stereocenters. The van der Waals surface area contributed by atoms with E-state index in [0.717, 1.165) is 6.07 Å². The van der Waals surface area contributed by atoms with Crippen LogP contribution in [0.15, 0.2) is 39.3 Å². The van der Waals surface area contributed by atoms with E-state index in [-0.39, 0.29) is 14.4 Å². The lowest BCUT2D eigenvalue weighted by molar-refractivity contribution is 0.615. The molecule has 0 bridgehead atoms. The molecule has 0 fully saturated rings. The predicted octanol–water partition coefficient (Wildman–Crippen LogP) is 2.19. The molecule has 0 spiro atoms. The summed E-state index contributed by atoms with van der Waals surface area (Å²) in [5.41, 5.74) is 0.251. The zero-order chi connectivity index (χ0) is 11.1. The maximum absolute atomic E-state index is 12.9. The Kier molecular flexibility index (Phi) is 2.47. The van der Waals surface area contributed by atoms with Gasteiger partial charge in [-0.05, 0) is 28.1 Å². The highest BCUT2D eigenvalue weighted by Gasteiger charge is 2.29. The van der Waals surface area contributed by atoms with Crippen molar-refractivity contribution in [2.75, 3.05) is 0 Å². The number of rotatable bonds is 1. The van der Waals surface area contributed by atoms with Gasteiger partial charge in [0.15, 0.2) is 5.04 Å². The largest absolute Gasteiger partial charge is 0.242 e. The second-order valence-electron chi connectivity index (χ2n) is 2.88. The van der Waals surface area contributed by atoms with Crippen molar-refractivity contribution in [1.29, 1.82) is 0 Å². The van der Waals surface area contributed by atoms with Crippen LogP contribution in [0.1, 0.15) is 5.56 Å². The first kappa shape index (κ1) is 10.5. The lowest BCUT2D eigenvalue weighted by atomic mass is 10.2. The molecule has 1 aliphatic rings. The van der Waals surface area contributed by atoms with E-state index in [0.29, 0.717) is 0 Å². The van der Waals surface area contributed by atoms with Crippen molar-refractivity contribution in [3.8, 4) is 0 Å². The molecule has 0 saturated carbocycles. The quantitative estimate of drug-likeness (QED) is 0.796. The molecule has 1 aliphatic heterocycles. The molecule has 0 saturated heterocycles. The monoisotopic (exact) mass is 289 g/mol. The summed E-state index contributed by atoms with van der Waals surface area (Å²) in [7, 11) is -3.57. The van der Waals surface area contributed by atoms with E-state index in [1.807, 2.05) is 0 Å². The third-order valence-electron chi connectivity index (χ3n) is 1.87. The summed E-state index contributed by atoms with van der Waals surface area (Å²) in [6.45, 7) is 0. The lowest BCUT2D eigenvalue weighted by Gasteiger charge is -2.01. The SMILES string of the molecule is O=S1(=O)C(Br)=CN=C1c1cccc(F)c1. The number of benzene rings is 1. The van der Waals surface area contributed by atoms with Crippen LogP contribution in [0.25, 0.3) is 0 Å². The molecule has 0 aliphatic carbocycles. The first-order chi connectivity index (χ1) is 7.01. The molecule has 1 aromatic rings. The molecular formula is C9H5BrFNO2S. The summed E-state index contributed by atoms with van der Waals surface area (Å²) >= 11 is 2.88. The van der Waals surface area contributed by atoms with E-state index in [2.05, 4.69) is 20.9 Å². The molecule has 0 unspecified atom stereocenters. The second-order valence-corrected chi connectivity index (χ2v) is 6.09. The van der Waals surface area contributed by atoms with Crippen molar-refractivity contribution in [2.45, 2.75) is 0 Å². The number of hydrogen-bond donors (Lipinski definition) is 0. The van der Waals surface area contributed by atoms with Gasteiger partial charge in [0.05, 0.1) is 6.20 Å². The van der Waals surface area contributed by atoms with E-state index < -0.39 is 15.7 Å². The Morgan fingerprint density at radius 2 is 2.07 bits per heavy atom. The van der Waals surface area contributed by atoms with Gasteiger partial charge in [0, 0.05) is 5.56 Å². The van der Waals surface area contributed by atoms with Gasteiger partial charge in [-0.2, -0.15) is 0 Å². The molecule has 6 heteroatoms. The zero-order valence-electron chi connectivity index (χ0n) is 7.31. The topological polar surface area (TPSA) is 46.5 Å². The van der Waals surface area contributed by atoms with Crippen LogP contribution in [0.4, 0.5) is 4.39 Å². The summed E-state index contributed by atoms with van der Waals surface area (Å²) in [5, 5.41) is -0.131. The minimum Gasteiger partial charge on any atom is -0.242 e. The van der Waals surface area contributed by atoms with Crippen molar-refractivity contribution in [1.82, 2.24) is 0 Å². The van der Waals surface area contributed by atoms with E-state index >= 15 is 0 Å². The molecular weight excluding hydrogens is 285 g/mol. The van der Waals surface area contributed by atoms with E-state index in [1.165, 1.54) is 24.4 Å². The first-order valence-electron chi connectivity index (χ1n) is 3.96. The van der Waals surface area contributed by atoms with Crippen LogP contribution in [-0.2, 0) is 9.84 Å². The summed E-state index contributed by atoms with van der Waals surface area (Å²) in [6, 6.07) is 5.32. The van der Waals surface area contributed by atoms with Gasteiger partial charge < -0.3 is 0 Å². The fourth-order valence-corrected chi connectivity index (χ4v) is 2.76. The van der Waals surface area contributed by atoms with Gasteiger partial charge in [0.25, 0.3) is 0 Å². The minimum absolute atomic E-state index is 0.00531. The molecule has 15 heavy (non-hydrogen) atoms. The van der Waals surface area contributed by atoms with Crippen LogP contribution in [0, 0.1) is 5.82 Å². The van der Waals surface area contributed by atoms with Gasteiger partial charge in [-0.1, -0.05) is 12.1 Å². The van der Waals surface area contributed by atoms with Crippen molar-refractivity contribution in [3.05, 3.63) is 45.7 Å². The van der Waals surface area contributed by atoms with Gasteiger partial charge in [-0.3, -0.25) is 0 Å². The number of sulfone groups is 1. The van der Waals surface area contributed by atoms with Crippen LogP contribution >= 0.6 is 15.9 Å². The number of hydrogen-bond acceptors (Lipinski definition) is 3. The maximum atomic E-state index is 12.9. The molecule has 0 aromatic heterocycles. The zero-order valence-corrected chi connectivity index (χ0v) is 9.72. The van der Waals surface area contributed by atoms with E-state index in [4.69, 9.17) is 0 Å². The first-order valence-corrected chi connectivity index (χ1v) is 6.24. The Balaban J connectivity index is 2.54. The molecule has 1 heterocycles. The standard InChI is InChI=1S/C9H5BrFNO2S/c10-8-5-12-9(15(8,13)14)6-2-1-3-7(11)4-6/h1-5H. The number of nitrogens with zero attached hydrogens (tertiary/aromatic N) is 1. The summed E-state index contributed by atoms with van der Waals surface area (Å²) < 4.78 is 36.2. The van der Waals surface area contributed by atoms with Gasteiger partial charge in [-0.15, -0.1) is 0 Å². The van der Waals surface area contributed by atoms with Crippen molar-refractivity contribution in [2.24, 2.45) is 4.99 Å². The molecule has 0 radical (unpaired) electrons. The normalized spacial score (nSPS) is 18.5. The Morgan fingerprint density at radius 1 is 1.33 bits per heavy atom. The van der Waals surface area contributed by atoms with Crippen molar-refractivity contribution >= 4 is 30.8 Å². The second kappa shape index (κ2) is 3.53. The molecule has 0 N–H and O–H groups in total. The van der Waals surface area contributed by atoms with Crippen LogP contribution < -0.4 is 0 Å². The van der Waals surface area contributed by atoms with Crippen molar-refractivity contribution < 1.29 is 12.8 Å². The van der Waals surface area contributed by atoms with Crippen molar-refractivity contribution in [3.63, 3.8) is 0 Å². The highest BCUT2D eigenvalue weighted by Crippen LogP contribution is 2.26. The van der Waals surface area contributed by atoms with Crippen LogP contribution in [0.5, 0.6) is 0 Å². The van der Waals surface area contributed by atoms with Gasteiger partial charge in [0.2, 0.25) is 9.84 Å². The third kappa shape index (κ3) is 1.74. The molecule has 0 amide bonds. The van der Waals surface area contributed by atoms with E-state index in [9.17, 15) is 12.8 Å². The predicted molar refractivity (Wildman–Crippen MR) is 58.9 cm³/mol. The number of aliphatic imine (C=N–C) groups is 1. The minimum atomic E-state index is -3.57. The average Bonchev–Trinajstić information content (AvgIpc) is 2.42. The molecule has 1 aromatic carbocycles. The Morgan fingerprint density at radius 3 is 2.60 bits per heavy atom. The number of halogens is 2. The fourth-order valence-electron chi connectivity index (χ4n) is 1.19. The van der Waals surface area contributed by atoms with Gasteiger partial charge in [0.1, 0.15) is 9.63 Å².